The summed E-state index contributed by atoms with van der Waals surface area (Å²) in [6, 6.07) is 6.44. The molecule has 1 aliphatic rings. The Morgan fingerprint density at radius 1 is 1.19 bits per heavy atom. The zero-order valence-electron chi connectivity index (χ0n) is 18.5. The SMILES string of the molecule is CCC(C)N1CC(C)(C)Oc2c(F)cc(-c3nc(Nc4ccc(N)cn4)ncc3F)cc21. The molecule has 32 heavy (non-hydrogen) atoms. The quantitative estimate of drug-likeness (QED) is 0.582. The normalized spacial score (nSPS) is 15.6. The minimum absolute atomic E-state index is 0.0198. The summed E-state index contributed by atoms with van der Waals surface area (Å²) in [6.45, 7) is 8.57. The van der Waals surface area contributed by atoms with Crippen LogP contribution in [-0.4, -0.2) is 33.1 Å². The lowest BCUT2D eigenvalue weighted by Crippen LogP contribution is -2.50. The maximum atomic E-state index is 15.2. The molecule has 3 N–H and O–H groups in total. The van der Waals surface area contributed by atoms with Crippen LogP contribution >= 0.6 is 0 Å². The molecule has 9 heteroatoms. The first-order chi connectivity index (χ1) is 15.2. The lowest BCUT2D eigenvalue weighted by atomic mass is 10.00. The first-order valence-electron chi connectivity index (χ1n) is 10.5. The number of nitrogens with two attached hydrogens (primary N) is 1. The first kappa shape index (κ1) is 21.7. The number of ether oxygens (including phenoxy) is 1. The zero-order valence-corrected chi connectivity index (χ0v) is 18.5. The van der Waals surface area contributed by atoms with E-state index in [9.17, 15) is 4.39 Å². The van der Waals surface area contributed by atoms with Crippen molar-refractivity contribution >= 4 is 23.1 Å². The molecule has 0 radical (unpaired) electrons. The monoisotopic (exact) mass is 440 g/mol. The van der Waals surface area contributed by atoms with Crippen molar-refractivity contribution in [1.29, 1.82) is 0 Å². The maximum Gasteiger partial charge on any atom is 0.229 e. The van der Waals surface area contributed by atoms with Crippen LogP contribution in [0.3, 0.4) is 0 Å². The fraction of sp³-hybridized carbons (Fsp3) is 0.348. The van der Waals surface area contributed by atoms with Crippen molar-refractivity contribution in [2.75, 3.05) is 22.5 Å². The number of benzene rings is 1. The largest absolute Gasteiger partial charge is 0.481 e. The van der Waals surface area contributed by atoms with Crippen LogP contribution in [0.5, 0.6) is 5.75 Å². The Kier molecular flexibility index (Phi) is 5.58. The number of aromatic nitrogens is 3. The number of fused-ring (bicyclic) bond motifs is 1. The van der Waals surface area contributed by atoms with Gasteiger partial charge in [-0.3, -0.25) is 0 Å². The third-order valence-electron chi connectivity index (χ3n) is 5.43. The first-order valence-corrected chi connectivity index (χ1v) is 10.5. The second kappa shape index (κ2) is 8.22. The predicted octanol–water partition coefficient (Wildman–Crippen LogP) is 4.92. The van der Waals surface area contributed by atoms with E-state index in [0.29, 0.717) is 29.3 Å². The van der Waals surface area contributed by atoms with Gasteiger partial charge in [-0.15, -0.1) is 0 Å². The summed E-state index contributed by atoms with van der Waals surface area (Å²) in [5.41, 5.74) is 6.47. The highest BCUT2D eigenvalue weighted by Gasteiger charge is 2.36. The van der Waals surface area contributed by atoms with Crippen LogP contribution in [-0.2, 0) is 0 Å². The van der Waals surface area contributed by atoms with E-state index in [1.54, 1.807) is 18.2 Å². The summed E-state index contributed by atoms with van der Waals surface area (Å²) < 4.78 is 35.8. The molecular formula is C23H26F2N6O. The van der Waals surface area contributed by atoms with Crippen molar-refractivity contribution < 1.29 is 13.5 Å². The van der Waals surface area contributed by atoms with Gasteiger partial charge in [0, 0.05) is 11.6 Å². The average molecular weight is 440 g/mol. The van der Waals surface area contributed by atoms with E-state index < -0.39 is 17.2 Å². The molecular weight excluding hydrogens is 414 g/mol. The molecule has 0 saturated heterocycles. The van der Waals surface area contributed by atoms with Gasteiger partial charge in [-0.05, 0) is 51.5 Å². The van der Waals surface area contributed by atoms with Crippen LogP contribution in [0.15, 0.2) is 36.7 Å². The summed E-state index contributed by atoms with van der Waals surface area (Å²) in [5, 5.41) is 2.91. The van der Waals surface area contributed by atoms with Crippen LogP contribution in [0.1, 0.15) is 34.1 Å². The maximum absolute atomic E-state index is 15.2. The molecule has 3 heterocycles. The molecule has 2 aromatic heterocycles. The highest BCUT2D eigenvalue weighted by molar-refractivity contribution is 5.73. The van der Waals surface area contributed by atoms with Gasteiger partial charge < -0.3 is 20.7 Å². The van der Waals surface area contributed by atoms with Gasteiger partial charge in [0.15, 0.2) is 17.4 Å². The van der Waals surface area contributed by atoms with Crippen LogP contribution in [0.2, 0.25) is 0 Å². The number of rotatable bonds is 5. The van der Waals surface area contributed by atoms with Crippen molar-refractivity contribution in [3.05, 3.63) is 48.3 Å². The third kappa shape index (κ3) is 4.28. The number of nitrogens with one attached hydrogen (secondary N) is 1. The fourth-order valence-electron chi connectivity index (χ4n) is 3.67. The molecule has 168 valence electrons. The van der Waals surface area contributed by atoms with E-state index in [1.807, 2.05) is 13.8 Å². The Balaban J connectivity index is 1.76. The molecule has 4 rings (SSSR count). The number of nitrogens with zero attached hydrogens (tertiary/aromatic N) is 4. The Labute approximate surface area is 185 Å². The Hall–Kier alpha value is -3.49. The Morgan fingerprint density at radius 2 is 1.97 bits per heavy atom. The summed E-state index contributed by atoms with van der Waals surface area (Å²) in [5.74, 6) is -0.470. The number of halogens is 2. The van der Waals surface area contributed by atoms with Crippen molar-refractivity contribution in [2.45, 2.75) is 45.8 Å². The van der Waals surface area contributed by atoms with E-state index in [-0.39, 0.29) is 23.4 Å². The van der Waals surface area contributed by atoms with Gasteiger partial charge in [0.05, 0.1) is 30.3 Å². The third-order valence-corrected chi connectivity index (χ3v) is 5.43. The molecule has 0 amide bonds. The molecule has 1 aromatic carbocycles. The second-order valence-electron chi connectivity index (χ2n) is 8.55. The topological polar surface area (TPSA) is 89.2 Å². The van der Waals surface area contributed by atoms with Crippen LogP contribution in [0.4, 0.5) is 31.9 Å². The van der Waals surface area contributed by atoms with Gasteiger partial charge >= 0.3 is 0 Å². The molecule has 0 aliphatic carbocycles. The predicted molar refractivity (Wildman–Crippen MR) is 121 cm³/mol. The minimum atomic E-state index is -0.660. The standard InChI is InChI=1S/C23H26F2N6O/c1-5-13(2)31-12-23(3,4)32-21-16(24)8-14(9-18(21)31)20-17(25)11-28-22(30-20)29-19-7-6-15(26)10-27-19/h6-11,13H,5,12,26H2,1-4H3,(H,27,28,29,30). The lowest BCUT2D eigenvalue weighted by Gasteiger charge is -2.44. The van der Waals surface area contributed by atoms with E-state index in [0.717, 1.165) is 12.6 Å². The number of pyridine rings is 1. The summed E-state index contributed by atoms with van der Waals surface area (Å²) in [7, 11) is 0. The Morgan fingerprint density at radius 3 is 2.66 bits per heavy atom. The fourth-order valence-corrected chi connectivity index (χ4v) is 3.67. The van der Waals surface area contributed by atoms with E-state index >= 15 is 4.39 Å². The van der Waals surface area contributed by atoms with Crippen molar-refractivity contribution in [1.82, 2.24) is 15.0 Å². The van der Waals surface area contributed by atoms with E-state index in [2.05, 4.69) is 39.0 Å². The lowest BCUT2D eigenvalue weighted by molar-refractivity contribution is 0.0960. The molecule has 1 unspecified atom stereocenters. The van der Waals surface area contributed by atoms with Crippen molar-refractivity contribution in [2.24, 2.45) is 0 Å². The number of hydrogen-bond donors (Lipinski definition) is 2. The van der Waals surface area contributed by atoms with E-state index in [4.69, 9.17) is 10.5 Å². The van der Waals surface area contributed by atoms with E-state index in [1.165, 1.54) is 12.3 Å². The average Bonchev–Trinajstić information content (AvgIpc) is 2.75. The van der Waals surface area contributed by atoms with Crippen LogP contribution in [0, 0.1) is 11.6 Å². The molecule has 0 spiro atoms. The summed E-state index contributed by atoms with van der Waals surface area (Å²) >= 11 is 0. The van der Waals surface area contributed by atoms with Crippen molar-refractivity contribution in [3.63, 3.8) is 0 Å². The van der Waals surface area contributed by atoms with Gasteiger partial charge in [-0.1, -0.05) is 6.92 Å². The van der Waals surface area contributed by atoms with Gasteiger partial charge in [0.25, 0.3) is 0 Å². The second-order valence-corrected chi connectivity index (χ2v) is 8.55. The molecule has 0 saturated carbocycles. The van der Waals surface area contributed by atoms with Crippen LogP contribution < -0.4 is 20.7 Å². The summed E-state index contributed by atoms with van der Waals surface area (Å²) in [4.78, 5) is 14.5. The highest BCUT2D eigenvalue weighted by atomic mass is 19.1. The van der Waals surface area contributed by atoms with Gasteiger partial charge in [-0.25, -0.2) is 23.7 Å². The van der Waals surface area contributed by atoms with Gasteiger partial charge in [0.1, 0.15) is 17.1 Å². The Bertz CT molecular complexity index is 1140. The molecule has 0 bridgehead atoms. The molecule has 3 aromatic rings. The van der Waals surface area contributed by atoms with Gasteiger partial charge in [-0.2, -0.15) is 0 Å². The summed E-state index contributed by atoms with van der Waals surface area (Å²) in [6.07, 6.45) is 3.40. The van der Waals surface area contributed by atoms with Crippen LogP contribution in [0.25, 0.3) is 11.3 Å². The number of hydrogen-bond acceptors (Lipinski definition) is 7. The zero-order chi connectivity index (χ0) is 23.0. The molecule has 1 atom stereocenters. The highest BCUT2D eigenvalue weighted by Crippen LogP contribution is 2.43. The van der Waals surface area contributed by atoms with Crippen molar-refractivity contribution in [3.8, 4) is 17.0 Å². The molecule has 0 fully saturated rings. The smallest absolute Gasteiger partial charge is 0.229 e. The molecule has 1 aliphatic heterocycles. The molecule has 7 nitrogen and oxygen atoms in total. The number of nitrogen functional groups attached to an aromatic ring is 1. The number of anilines is 4. The van der Waals surface area contributed by atoms with Gasteiger partial charge in [0.2, 0.25) is 5.95 Å². The minimum Gasteiger partial charge on any atom is -0.481 e.